The molecule has 0 aliphatic rings. The van der Waals surface area contributed by atoms with Crippen LogP contribution in [0.5, 0.6) is 5.75 Å². The number of rotatable bonds is 7. The molecule has 7 heteroatoms. The van der Waals surface area contributed by atoms with E-state index < -0.39 is 30.3 Å². The summed E-state index contributed by atoms with van der Waals surface area (Å²) in [6, 6.07) is 4.44. The minimum atomic E-state index is -1.22. The summed E-state index contributed by atoms with van der Waals surface area (Å²) < 4.78 is 22.8. The van der Waals surface area contributed by atoms with Crippen molar-refractivity contribution in [2.24, 2.45) is 0 Å². The maximum absolute atomic E-state index is 13.2. The lowest BCUT2D eigenvalue weighted by Gasteiger charge is -2.13. The fourth-order valence-corrected chi connectivity index (χ4v) is 1.28. The highest BCUT2D eigenvalue weighted by molar-refractivity contribution is 5.84. The van der Waals surface area contributed by atoms with Crippen LogP contribution < -0.4 is 10.1 Å². The van der Waals surface area contributed by atoms with E-state index in [0.29, 0.717) is 0 Å². The smallest absolute Gasteiger partial charge is 0.328 e. The number of amides is 1. The number of hydrogen-bond donors (Lipinski definition) is 2. The first-order valence-electron chi connectivity index (χ1n) is 5.43. The number of halogens is 1. The molecule has 1 rings (SSSR count). The Kier molecular flexibility index (Phi) is 5.74. The van der Waals surface area contributed by atoms with Crippen LogP contribution in [0.3, 0.4) is 0 Å². The van der Waals surface area contributed by atoms with Gasteiger partial charge in [-0.1, -0.05) is 12.1 Å². The Morgan fingerprint density at radius 1 is 1.42 bits per heavy atom. The third kappa shape index (κ3) is 4.92. The number of carbonyl (C=O) groups is 2. The van der Waals surface area contributed by atoms with E-state index in [1.165, 1.54) is 25.3 Å². The van der Waals surface area contributed by atoms with Crippen molar-refractivity contribution in [3.05, 3.63) is 30.1 Å². The van der Waals surface area contributed by atoms with Gasteiger partial charge in [0.25, 0.3) is 5.91 Å². The van der Waals surface area contributed by atoms with Crippen LogP contribution in [0, 0.1) is 5.82 Å². The molecule has 1 aromatic rings. The Bertz CT molecular complexity index is 452. The van der Waals surface area contributed by atoms with E-state index >= 15 is 0 Å². The molecular formula is C12H14FNO5. The zero-order valence-electron chi connectivity index (χ0n) is 10.3. The van der Waals surface area contributed by atoms with Crippen LogP contribution in [-0.2, 0) is 14.3 Å². The van der Waals surface area contributed by atoms with Crippen molar-refractivity contribution in [2.75, 3.05) is 20.3 Å². The molecule has 6 nitrogen and oxygen atoms in total. The summed E-state index contributed by atoms with van der Waals surface area (Å²) in [6.07, 6.45) is 0. The molecule has 0 radical (unpaired) electrons. The van der Waals surface area contributed by atoms with Gasteiger partial charge in [0.05, 0.1) is 6.61 Å². The maximum atomic E-state index is 13.2. The maximum Gasteiger partial charge on any atom is 0.328 e. The van der Waals surface area contributed by atoms with Crippen molar-refractivity contribution in [2.45, 2.75) is 6.04 Å². The van der Waals surface area contributed by atoms with Gasteiger partial charge in [-0.15, -0.1) is 0 Å². The minimum Gasteiger partial charge on any atom is -0.481 e. The topological polar surface area (TPSA) is 84.9 Å². The van der Waals surface area contributed by atoms with Crippen molar-refractivity contribution in [3.63, 3.8) is 0 Å². The number of carboxylic acids is 1. The van der Waals surface area contributed by atoms with Crippen LogP contribution in [0.2, 0.25) is 0 Å². The highest BCUT2D eigenvalue weighted by Crippen LogP contribution is 2.14. The lowest BCUT2D eigenvalue weighted by molar-refractivity contribution is -0.143. The molecule has 0 saturated carbocycles. The first-order chi connectivity index (χ1) is 9.04. The average Bonchev–Trinajstić information content (AvgIpc) is 2.37. The first kappa shape index (κ1) is 14.9. The molecule has 0 bridgehead atoms. The highest BCUT2D eigenvalue weighted by Gasteiger charge is 2.19. The molecule has 19 heavy (non-hydrogen) atoms. The SMILES string of the molecule is COCC(NC(=O)COc1ccccc1F)C(=O)O. The molecule has 0 aromatic heterocycles. The second kappa shape index (κ2) is 7.32. The van der Waals surface area contributed by atoms with Crippen LogP contribution in [0.4, 0.5) is 4.39 Å². The Balaban J connectivity index is 2.47. The number of aliphatic carboxylic acids is 1. The van der Waals surface area contributed by atoms with E-state index in [4.69, 9.17) is 9.84 Å². The Morgan fingerprint density at radius 3 is 2.68 bits per heavy atom. The van der Waals surface area contributed by atoms with Gasteiger partial charge in [-0.05, 0) is 12.1 Å². The third-order valence-corrected chi connectivity index (χ3v) is 2.16. The van der Waals surface area contributed by atoms with E-state index in [2.05, 4.69) is 10.1 Å². The fourth-order valence-electron chi connectivity index (χ4n) is 1.28. The zero-order valence-corrected chi connectivity index (χ0v) is 10.3. The molecule has 0 heterocycles. The van der Waals surface area contributed by atoms with Gasteiger partial charge in [-0.25, -0.2) is 9.18 Å². The summed E-state index contributed by atoms with van der Waals surface area (Å²) in [4.78, 5) is 22.2. The molecule has 0 aliphatic carbocycles. The quantitative estimate of drug-likeness (QED) is 0.750. The number of methoxy groups -OCH3 is 1. The summed E-state index contributed by atoms with van der Waals surface area (Å²) in [7, 11) is 1.32. The molecule has 0 aliphatic heterocycles. The zero-order chi connectivity index (χ0) is 14.3. The molecule has 1 unspecified atom stereocenters. The van der Waals surface area contributed by atoms with Crippen LogP contribution in [0.1, 0.15) is 0 Å². The largest absolute Gasteiger partial charge is 0.481 e. The fraction of sp³-hybridized carbons (Fsp3) is 0.333. The van der Waals surface area contributed by atoms with Crippen LogP contribution >= 0.6 is 0 Å². The van der Waals surface area contributed by atoms with E-state index in [1.54, 1.807) is 6.07 Å². The summed E-state index contributed by atoms with van der Waals surface area (Å²) >= 11 is 0. The molecule has 0 spiro atoms. The van der Waals surface area contributed by atoms with Gasteiger partial charge >= 0.3 is 5.97 Å². The number of para-hydroxylation sites is 1. The lowest BCUT2D eigenvalue weighted by Crippen LogP contribution is -2.45. The van der Waals surface area contributed by atoms with Gasteiger partial charge in [0.2, 0.25) is 0 Å². The molecule has 1 aromatic carbocycles. The number of ether oxygens (including phenoxy) is 2. The second-order valence-electron chi connectivity index (χ2n) is 3.63. The highest BCUT2D eigenvalue weighted by atomic mass is 19.1. The monoisotopic (exact) mass is 271 g/mol. The molecule has 2 N–H and O–H groups in total. The molecule has 0 saturated heterocycles. The van der Waals surface area contributed by atoms with Crippen molar-refractivity contribution in [1.29, 1.82) is 0 Å². The number of carbonyl (C=O) groups excluding carboxylic acids is 1. The standard InChI is InChI=1S/C12H14FNO5/c1-18-6-9(12(16)17)14-11(15)7-19-10-5-3-2-4-8(10)13/h2-5,9H,6-7H2,1H3,(H,14,15)(H,16,17). The number of benzene rings is 1. The van der Waals surface area contributed by atoms with Crippen molar-refractivity contribution < 1.29 is 28.6 Å². The number of nitrogens with one attached hydrogen (secondary N) is 1. The summed E-state index contributed by atoms with van der Waals surface area (Å²) in [5.74, 6) is -2.56. The van der Waals surface area contributed by atoms with Gasteiger partial charge in [-0.3, -0.25) is 4.79 Å². The predicted molar refractivity (Wildman–Crippen MR) is 63.3 cm³/mol. The van der Waals surface area contributed by atoms with Gasteiger partial charge in [0.1, 0.15) is 0 Å². The van der Waals surface area contributed by atoms with Crippen LogP contribution in [-0.4, -0.2) is 43.3 Å². The normalized spacial score (nSPS) is 11.7. The van der Waals surface area contributed by atoms with Gasteiger partial charge in [0, 0.05) is 7.11 Å². The van der Waals surface area contributed by atoms with Gasteiger partial charge in [0.15, 0.2) is 24.2 Å². The summed E-state index contributed by atoms with van der Waals surface area (Å²) in [5, 5.41) is 11.0. The lowest BCUT2D eigenvalue weighted by atomic mass is 10.3. The Labute approximate surface area is 109 Å². The van der Waals surface area contributed by atoms with E-state index in [9.17, 15) is 14.0 Å². The van der Waals surface area contributed by atoms with E-state index in [1.807, 2.05) is 0 Å². The molecule has 0 fully saturated rings. The van der Waals surface area contributed by atoms with Crippen LogP contribution in [0.25, 0.3) is 0 Å². The minimum absolute atomic E-state index is 0.0729. The number of hydrogen-bond acceptors (Lipinski definition) is 4. The van der Waals surface area contributed by atoms with Crippen LogP contribution in [0.15, 0.2) is 24.3 Å². The van der Waals surface area contributed by atoms with Gasteiger partial charge < -0.3 is 19.9 Å². The van der Waals surface area contributed by atoms with Crippen molar-refractivity contribution >= 4 is 11.9 Å². The third-order valence-electron chi connectivity index (χ3n) is 2.16. The van der Waals surface area contributed by atoms with E-state index in [-0.39, 0.29) is 12.4 Å². The summed E-state index contributed by atoms with van der Waals surface area (Å²) in [6.45, 7) is -0.644. The number of carboxylic acid groups (broad SMARTS) is 1. The Hall–Kier alpha value is -2.15. The molecule has 1 amide bonds. The molecular weight excluding hydrogens is 257 g/mol. The predicted octanol–water partition coefficient (Wildman–Crippen LogP) is 0.420. The molecule has 1 atom stereocenters. The summed E-state index contributed by atoms with van der Waals surface area (Å²) in [5.41, 5.74) is 0. The average molecular weight is 271 g/mol. The first-order valence-corrected chi connectivity index (χ1v) is 5.43. The Morgan fingerprint density at radius 2 is 2.11 bits per heavy atom. The van der Waals surface area contributed by atoms with Crippen molar-refractivity contribution in [1.82, 2.24) is 5.32 Å². The second-order valence-corrected chi connectivity index (χ2v) is 3.63. The molecule has 104 valence electrons. The van der Waals surface area contributed by atoms with Gasteiger partial charge in [-0.2, -0.15) is 0 Å². The van der Waals surface area contributed by atoms with E-state index in [0.717, 1.165) is 0 Å². The van der Waals surface area contributed by atoms with Crippen molar-refractivity contribution in [3.8, 4) is 5.75 Å².